The SMILES string of the molecule is CCCCn1nc(C(=O)Nc2ccc(C)cc2F)ccc1=O. The lowest BCUT2D eigenvalue weighted by atomic mass is 10.2. The summed E-state index contributed by atoms with van der Waals surface area (Å²) in [6, 6.07) is 7.17. The van der Waals surface area contributed by atoms with Gasteiger partial charge in [-0.2, -0.15) is 5.10 Å². The van der Waals surface area contributed by atoms with Gasteiger partial charge in [0.15, 0.2) is 0 Å². The Hall–Kier alpha value is -2.50. The summed E-state index contributed by atoms with van der Waals surface area (Å²) in [4.78, 5) is 23.8. The van der Waals surface area contributed by atoms with E-state index in [1.807, 2.05) is 6.92 Å². The minimum absolute atomic E-state index is 0.0793. The topological polar surface area (TPSA) is 64.0 Å². The van der Waals surface area contributed by atoms with Crippen molar-refractivity contribution in [1.29, 1.82) is 0 Å². The molecular weight excluding hydrogens is 285 g/mol. The van der Waals surface area contributed by atoms with Crippen LogP contribution < -0.4 is 10.9 Å². The average molecular weight is 303 g/mol. The molecule has 0 saturated carbocycles. The van der Waals surface area contributed by atoms with E-state index < -0.39 is 11.7 Å². The van der Waals surface area contributed by atoms with Crippen molar-refractivity contribution in [3.05, 3.63) is 57.8 Å². The molecule has 1 amide bonds. The highest BCUT2D eigenvalue weighted by atomic mass is 19.1. The van der Waals surface area contributed by atoms with E-state index in [9.17, 15) is 14.0 Å². The number of aromatic nitrogens is 2. The Bertz CT molecular complexity index is 740. The van der Waals surface area contributed by atoms with Crippen molar-refractivity contribution in [3.8, 4) is 0 Å². The molecule has 0 bridgehead atoms. The maximum atomic E-state index is 13.7. The van der Waals surface area contributed by atoms with Gasteiger partial charge in [0.05, 0.1) is 5.69 Å². The molecule has 0 radical (unpaired) electrons. The van der Waals surface area contributed by atoms with Crippen molar-refractivity contribution in [3.63, 3.8) is 0 Å². The quantitative estimate of drug-likeness (QED) is 0.923. The first kappa shape index (κ1) is 15.9. The fourth-order valence-electron chi connectivity index (χ4n) is 1.95. The molecular formula is C16H18FN3O2. The van der Waals surface area contributed by atoms with Gasteiger partial charge < -0.3 is 5.32 Å². The third-order valence-corrected chi connectivity index (χ3v) is 3.20. The van der Waals surface area contributed by atoms with Gasteiger partial charge in [-0.3, -0.25) is 9.59 Å². The number of carbonyl (C=O) groups excluding carboxylic acids is 1. The van der Waals surface area contributed by atoms with Gasteiger partial charge in [-0.1, -0.05) is 19.4 Å². The van der Waals surface area contributed by atoms with E-state index in [2.05, 4.69) is 10.4 Å². The molecule has 0 aliphatic rings. The van der Waals surface area contributed by atoms with Crippen LogP contribution in [0.2, 0.25) is 0 Å². The van der Waals surface area contributed by atoms with Crippen molar-refractivity contribution in [1.82, 2.24) is 9.78 Å². The molecule has 5 nitrogen and oxygen atoms in total. The lowest BCUT2D eigenvalue weighted by Crippen LogP contribution is -2.26. The molecule has 1 aromatic carbocycles. The molecule has 1 N–H and O–H groups in total. The van der Waals surface area contributed by atoms with E-state index in [1.165, 1.54) is 28.9 Å². The van der Waals surface area contributed by atoms with Crippen molar-refractivity contribution < 1.29 is 9.18 Å². The average Bonchev–Trinajstić information content (AvgIpc) is 2.49. The molecule has 116 valence electrons. The lowest BCUT2D eigenvalue weighted by molar-refractivity contribution is 0.101. The summed E-state index contributed by atoms with van der Waals surface area (Å²) in [5.41, 5.74) is 0.674. The number of hydrogen-bond acceptors (Lipinski definition) is 3. The zero-order valence-corrected chi connectivity index (χ0v) is 12.6. The molecule has 1 heterocycles. The van der Waals surface area contributed by atoms with Crippen LogP contribution in [-0.4, -0.2) is 15.7 Å². The van der Waals surface area contributed by atoms with E-state index in [0.29, 0.717) is 6.54 Å². The summed E-state index contributed by atoms with van der Waals surface area (Å²) < 4.78 is 15.0. The zero-order valence-electron chi connectivity index (χ0n) is 12.6. The largest absolute Gasteiger partial charge is 0.318 e. The summed E-state index contributed by atoms with van der Waals surface area (Å²) in [7, 11) is 0. The number of carbonyl (C=O) groups is 1. The first-order chi connectivity index (χ1) is 10.5. The Morgan fingerprint density at radius 3 is 2.77 bits per heavy atom. The summed E-state index contributed by atoms with van der Waals surface area (Å²) in [5.74, 6) is -1.05. The van der Waals surface area contributed by atoms with Crippen LogP contribution in [0.5, 0.6) is 0 Å². The molecule has 0 atom stereocenters. The van der Waals surface area contributed by atoms with Gasteiger partial charge in [0.2, 0.25) is 0 Å². The number of anilines is 1. The highest BCUT2D eigenvalue weighted by Crippen LogP contribution is 2.15. The third kappa shape index (κ3) is 3.78. The molecule has 22 heavy (non-hydrogen) atoms. The smallest absolute Gasteiger partial charge is 0.276 e. The van der Waals surface area contributed by atoms with E-state index >= 15 is 0 Å². The van der Waals surface area contributed by atoms with Crippen LogP contribution in [0.3, 0.4) is 0 Å². The van der Waals surface area contributed by atoms with Crippen molar-refractivity contribution in [2.45, 2.75) is 33.2 Å². The minimum atomic E-state index is -0.548. The monoisotopic (exact) mass is 303 g/mol. The Kier molecular flexibility index (Phi) is 5.04. The summed E-state index contributed by atoms with van der Waals surface area (Å²) in [6.07, 6.45) is 1.71. The maximum Gasteiger partial charge on any atom is 0.276 e. The molecule has 0 unspecified atom stereocenters. The molecule has 6 heteroatoms. The standard InChI is InChI=1S/C16H18FN3O2/c1-3-4-9-20-15(21)8-7-14(19-20)16(22)18-13-6-5-11(2)10-12(13)17/h5-8,10H,3-4,9H2,1-2H3,(H,18,22). The van der Waals surface area contributed by atoms with Crippen LogP contribution in [0.25, 0.3) is 0 Å². The molecule has 0 fully saturated rings. The molecule has 0 aliphatic heterocycles. The second-order valence-electron chi connectivity index (χ2n) is 5.07. The minimum Gasteiger partial charge on any atom is -0.318 e. The zero-order chi connectivity index (χ0) is 16.1. The third-order valence-electron chi connectivity index (χ3n) is 3.20. The predicted octanol–water partition coefficient (Wildman–Crippen LogP) is 2.74. The van der Waals surface area contributed by atoms with Crippen molar-refractivity contribution in [2.75, 3.05) is 5.32 Å². The number of unbranched alkanes of at least 4 members (excludes halogenated alkanes) is 1. The van der Waals surface area contributed by atoms with Gasteiger partial charge in [0, 0.05) is 12.6 Å². The predicted molar refractivity (Wildman–Crippen MR) is 82.5 cm³/mol. The molecule has 0 aliphatic carbocycles. The summed E-state index contributed by atoms with van der Waals surface area (Å²) in [5, 5.41) is 6.49. The van der Waals surface area contributed by atoms with Crippen LogP contribution in [-0.2, 0) is 6.54 Å². The van der Waals surface area contributed by atoms with Crippen molar-refractivity contribution >= 4 is 11.6 Å². The number of nitrogens with one attached hydrogen (secondary N) is 1. The van der Waals surface area contributed by atoms with Crippen LogP contribution in [0.4, 0.5) is 10.1 Å². The van der Waals surface area contributed by atoms with Gasteiger partial charge in [-0.05, 0) is 37.1 Å². The number of benzene rings is 1. The Labute approximate surface area is 127 Å². The van der Waals surface area contributed by atoms with Crippen molar-refractivity contribution in [2.24, 2.45) is 0 Å². The highest BCUT2D eigenvalue weighted by Gasteiger charge is 2.12. The number of rotatable bonds is 5. The van der Waals surface area contributed by atoms with E-state index in [4.69, 9.17) is 0 Å². The number of aryl methyl sites for hydroxylation is 2. The van der Waals surface area contributed by atoms with Gasteiger partial charge in [-0.25, -0.2) is 9.07 Å². The Morgan fingerprint density at radius 2 is 2.09 bits per heavy atom. The van der Waals surface area contributed by atoms with Gasteiger partial charge in [0.25, 0.3) is 11.5 Å². The summed E-state index contributed by atoms with van der Waals surface area (Å²) in [6.45, 7) is 4.22. The molecule has 1 aromatic heterocycles. The Morgan fingerprint density at radius 1 is 1.32 bits per heavy atom. The number of hydrogen-bond donors (Lipinski definition) is 1. The van der Waals surface area contributed by atoms with Gasteiger partial charge in [0.1, 0.15) is 11.5 Å². The van der Waals surface area contributed by atoms with E-state index in [-0.39, 0.29) is 16.9 Å². The molecule has 0 spiro atoms. The Balaban J connectivity index is 2.20. The van der Waals surface area contributed by atoms with E-state index in [0.717, 1.165) is 18.4 Å². The van der Waals surface area contributed by atoms with Gasteiger partial charge in [-0.15, -0.1) is 0 Å². The second kappa shape index (κ2) is 6.98. The second-order valence-corrected chi connectivity index (χ2v) is 5.07. The normalized spacial score (nSPS) is 10.5. The van der Waals surface area contributed by atoms with Gasteiger partial charge >= 0.3 is 0 Å². The number of halogens is 1. The highest BCUT2D eigenvalue weighted by molar-refractivity contribution is 6.02. The summed E-state index contributed by atoms with van der Waals surface area (Å²) >= 11 is 0. The fraction of sp³-hybridized carbons (Fsp3) is 0.312. The fourth-order valence-corrected chi connectivity index (χ4v) is 1.95. The maximum absolute atomic E-state index is 13.7. The molecule has 2 rings (SSSR count). The first-order valence-corrected chi connectivity index (χ1v) is 7.17. The number of amides is 1. The molecule has 2 aromatic rings. The van der Waals surface area contributed by atoms with Crippen LogP contribution in [0, 0.1) is 12.7 Å². The molecule has 0 saturated heterocycles. The lowest BCUT2D eigenvalue weighted by Gasteiger charge is -2.08. The van der Waals surface area contributed by atoms with Crippen LogP contribution in [0.1, 0.15) is 35.8 Å². The first-order valence-electron chi connectivity index (χ1n) is 7.17. The number of nitrogens with zero attached hydrogens (tertiary/aromatic N) is 2. The van der Waals surface area contributed by atoms with Crippen LogP contribution >= 0.6 is 0 Å². The van der Waals surface area contributed by atoms with E-state index in [1.54, 1.807) is 13.0 Å². The van der Waals surface area contributed by atoms with Crippen LogP contribution in [0.15, 0.2) is 35.1 Å².